The first-order valence-corrected chi connectivity index (χ1v) is 7.47. The highest BCUT2D eigenvalue weighted by atomic mass is 127. The lowest BCUT2D eigenvalue weighted by molar-refractivity contribution is -0.161. The lowest BCUT2D eigenvalue weighted by Gasteiger charge is -2.37. The van der Waals surface area contributed by atoms with Crippen LogP contribution in [0.15, 0.2) is 6.33 Å². The summed E-state index contributed by atoms with van der Waals surface area (Å²) in [6.07, 6.45) is -1.77. The third-order valence-electron chi connectivity index (χ3n) is 3.83. The van der Waals surface area contributed by atoms with Crippen LogP contribution in [0.4, 0.5) is 19.0 Å². The minimum absolute atomic E-state index is 0.0260. The molecular weight excluding hydrogens is 400 g/mol. The predicted octanol–water partition coefficient (Wildman–Crippen LogP) is 2.50. The molecule has 1 aliphatic carbocycles. The molecule has 1 saturated carbocycles. The van der Waals surface area contributed by atoms with Gasteiger partial charge in [-0.1, -0.05) is 29.0 Å². The van der Waals surface area contributed by atoms with Gasteiger partial charge in [-0.2, -0.15) is 22.8 Å². The molecule has 1 fully saturated rings. The summed E-state index contributed by atoms with van der Waals surface area (Å²) in [7, 11) is 0. The Balaban J connectivity index is 1.98. The summed E-state index contributed by atoms with van der Waals surface area (Å²) in [5.41, 5.74) is 5.95. The molecule has 2 aromatic heterocycles. The van der Waals surface area contributed by atoms with E-state index in [0.717, 1.165) is 0 Å². The van der Waals surface area contributed by atoms with Crippen LogP contribution in [0, 0.1) is 0 Å². The molecule has 0 radical (unpaired) electrons. The zero-order valence-electron chi connectivity index (χ0n) is 10.8. The number of anilines is 1. The smallest absolute Gasteiger partial charge is 0.380 e. The van der Waals surface area contributed by atoms with Crippen LogP contribution in [0.5, 0.6) is 0 Å². The number of nitrogens with zero attached hydrogens (tertiary/aromatic N) is 5. The van der Waals surface area contributed by atoms with Crippen molar-refractivity contribution < 1.29 is 13.2 Å². The molecule has 0 aliphatic heterocycles. The Hall–Kier alpha value is -1.20. The molecule has 114 valence electrons. The molecule has 1 aliphatic rings. The first-order valence-electron chi connectivity index (χ1n) is 6.39. The summed E-state index contributed by atoms with van der Waals surface area (Å²) in [5, 5.41) is 11.9. The number of fused-ring (bicyclic) bond motifs is 1. The van der Waals surface area contributed by atoms with Crippen molar-refractivity contribution in [2.75, 3.05) is 5.73 Å². The Labute approximate surface area is 131 Å². The first-order chi connectivity index (χ1) is 9.82. The van der Waals surface area contributed by atoms with Gasteiger partial charge >= 0.3 is 6.18 Å². The largest absolute Gasteiger partial charge is 0.403 e. The van der Waals surface area contributed by atoms with Crippen molar-refractivity contribution in [1.82, 2.24) is 24.8 Å². The number of nitrogens with two attached hydrogens (primary N) is 1. The van der Waals surface area contributed by atoms with Gasteiger partial charge in [0, 0.05) is 5.92 Å². The van der Waals surface area contributed by atoms with E-state index in [1.165, 1.54) is 33.4 Å². The van der Waals surface area contributed by atoms with Gasteiger partial charge in [-0.25, -0.2) is 4.98 Å². The van der Waals surface area contributed by atoms with Gasteiger partial charge in [0.2, 0.25) is 5.65 Å². The highest BCUT2D eigenvalue weighted by molar-refractivity contribution is 14.1. The third kappa shape index (κ3) is 2.42. The fraction of sp³-hybridized carbons (Fsp3) is 0.636. The first kappa shape index (κ1) is 14.7. The standard InChI is InChI=1S/C11H12F3IN6/c12-11(13,14)10(15)3-1-2-6(4-10)8-19-20-9-7(16)17-5-18-21(8)9/h5-6H,1-4H2,(H2,16,17,18). The Morgan fingerprint density at radius 2 is 2.14 bits per heavy atom. The monoisotopic (exact) mass is 412 g/mol. The molecule has 0 aromatic carbocycles. The summed E-state index contributed by atoms with van der Waals surface area (Å²) >= 11 is 1.53. The maximum absolute atomic E-state index is 13.2. The van der Waals surface area contributed by atoms with Crippen LogP contribution in [0.2, 0.25) is 0 Å². The number of hydrogen-bond acceptors (Lipinski definition) is 5. The SMILES string of the molecule is Nc1ncnn2c(C3CCCC(I)(C(F)(F)F)C3)nnc12. The molecule has 0 saturated heterocycles. The van der Waals surface area contributed by atoms with Gasteiger partial charge in [-0.05, 0) is 19.3 Å². The average Bonchev–Trinajstić information content (AvgIpc) is 2.83. The molecule has 21 heavy (non-hydrogen) atoms. The number of hydrogen-bond donors (Lipinski definition) is 1. The third-order valence-corrected chi connectivity index (χ3v) is 5.42. The second-order valence-electron chi connectivity index (χ2n) is 5.20. The van der Waals surface area contributed by atoms with Gasteiger partial charge in [0.25, 0.3) is 0 Å². The van der Waals surface area contributed by atoms with Gasteiger partial charge in [0.1, 0.15) is 9.75 Å². The van der Waals surface area contributed by atoms with Crippen molar-refractivity contribution in [2.24, 2.45) is 0 Å². The quantitative estimate of drug-likeness (QED) is 0.575. The number of halogens is 4. The molecular formula is C11H12F3IN6. The second kappa shape index (κ2) is 4.92. The summed E-state index contributed by atoms with van der Waals surface area (Å²) in [4.78, 5) is 3.80. The molecule has 2 N–H and O–H groups in total. The summed E-state index contributed by atoms with van der Waals surface area (Å²) in [6.45, 7) is 0. The Bertz CT molecular complexity index is 672. The van der Waals surface area contributed by atoms with Crippen LogP contribution >= 0.6 is 22.6 Å². The van der Waals surface area contributed by atoms with Crippen molar-refractivity contribution in [3.8, 4) is 0 Å². The van der Waals surface area contributed by atoms with Crippen molar-refractivity contribution in [2.45, 2.75) is 41.2 Å². The van der Waals surface area contributed by atoms with Gasteiger partial charge in [-0.3, -0.25) is 0 Å². The van der Waals surface area contributed by atoms with Crippen molar-refractivity contribution in [1.29, 1.82) is 0 Å². The number of alkyl halides is 4. The van der Waals surface area contributed by atoms with Crippen molar-refractivity contribution >= 4 is 34.1 Å². The zero-order valence-corrected chi connectivity index (χ0v) is 13.0. The minimum Gasteiger partial charge on any atom is -0.380 e. The normalized spacial score (nSPS) is 27.1. The van der Waals surface area contributed by atoms with Gasteiger partial charge in [0.05, 0.1) is 0 Å². The molecule has 0 spiro atoms. The second-order valence-corrected chi connectivity index (χ2v) is 7.26. The molecule has 3 rings (SSSR count). The van der Waals surface area contributed by atoms with Crippen LogP contribution in [0.3, 0.4) is 0 Å². The maximum Gasteiger partial charge on any atom is 0.403 e. The molecule has 2 atom stereocenters. The van der Waals surface area contributed by atoms with Crippen LogP contribution in [-0.4, -0.2) is 34.4 Å². The lowest BCUT2D eigenvalue weighted by atomic mass is 9.80. The molecule has 6 nitrogen and oxygen atoms in total. The van der Waals surface area contributed by atoms with E-state index in [2.05, 4.69) is 20.3 Å². The van der Waals surface area contributed by atoms with E-state index < -0.39 is 9.60 Å². The van der Waals surface area contributed by atoms with Gasteiger partial charge in [-0.15, -0.1) is 10.2 Å². The van der Waals surface area contributed by atoms with Crippen molar-refractivity contribution in [3.05, 3.63) is 12.2 Å². The average molecular weight is 412 g/mol. The molecule has 2 unspecified atom stereocenters. The molecule has 2 heterocycles. The van der Waals surface area contributed by atoms with E-state index >= 15 is 0 Å². The lowest BCUT2D eigenvalue weighted by Crippen LogP contribution is -2.43. The highest BCUT2D eigenvalue weighted by Crippen LogP contribution is 2.52. The van der Waals surface area contributed by atoms with E-state index in [1.807, 2.05) is 0 Å². The van der Waals surface area contributed by atoms with Crippen LogP contribution in [0.1, 0.15) is 37.4 Å². The minimum atomic E-state index is -4.24. The fourth-order valence-corrected chi connectivity index (χ4v) is 3.63. The molecule has 0 amide bonds. The van der Waals surface area contributed by atoms with Crippen LogP contribution in [-0.2, 0) is 0 Å². The number of nitrogen functional groups attached to an aromatic ring is 1. The van der Waals surface area contributed by atoms with Crippen LogP contribution < -0.4 is 5.73 Å². The summed E-state index contributed by atoms with van der Waals surface area (Å²) < 4.78 is 39.3. The highest BCUT2D eigenvalue weighted by Gasteiger charge is 2.55. The fourth-order valence-electron chi connectivity index (χ4n) is 2.72. The van der Waals surface area contributed by atoms with Gasteiger partial charge < -0.3 is 5.73 Å². The van der Waals surface area contributed by atoms with E-state index in [0.29, 0.717) is 18.7 Å². The van der Waals surface area contributed by atoms with Gasteiger partial charge in [0.15, 0.2) is 11.6 Å². The van der Waals surface area contributed by atoms with E-state index in [9.17, 15) is 13.2 Å². The summed E-state index contributed by atoms with van der Waals surface area (Å²) in [5.74, 6) is 0.238. The van der Waals surface area contributed by atoms with E-state index in [4.69, 9.17) is 5.73 Å². The van der Waals surface area contributed by atoms with E-state index in [1.54, 1.807) is 0 Å². The molecule has 0 bridgehead atoms. The molecule has 10 heteroatoms. The Morgan fingerprint density at radius 3 is 2.86 bits per heavy atom. The number of rotatable bonds is 1. The zero-order chi connectivity index (χ0) is 15.3. The Kier molecular flexibility index (Phi) is 3.45. The summed E-state index contributed by atoms with van der Waals surface area (Å²) in [6, 6.07) is 0. The Morgan fingerprint density at radius 1 is 1.38 bits per heavy atom. The predicted molar refractivity (Wildman–Crippen MR) is 77.0 cm³/mol. The van der Waals surface area contributed by atoms with Crippen molar-refractivity contribution in [3.63, 3.8) is 0 Å². The maximum atomic E-state index is 13.2. The topological polar surface area (TPSA) is 82.0 Å². The van der Waals surface area contributed by atoms with Crippen LogP contribution in [0.25, 0.3) is 5.65 Å². The van der Waals surface area contributed by atoms with E-state index in [-0.39, 0.29) is 30.2 Å². The number of aromatic nitrogens is 5. The molecule has 2 aromatic rings.